The molecular formula is C31H34ClN3O5. The van der Waals surface area contributed by atoms with E-state index >= 15 is 0 Å². The van der Waals surface area contributed by atoms with Crippen molar-refractivity contribution in [3.05, 3.63) is 94.6 Å². The lowest BCUT2D eigenvalue weighted by atomic mass is 9.58. The number of ether oxygens (including phenoxy) is 1. The molecule has 1 aromatic heterocycles. The number of carboxylic acids is 1. The van der Waals surface area contributed by atoms with Gasteiger partial charge in [0.05, 0.1) is 10.4 Å². The molecule has 8 nitrogen and oxygen atoms in total. The van der Waals surface area contributed by atoms with E-state index in [9.17, 15) is 15.0 Å². The van der Waals surface area contributed by atoms with Gasteiger partial charge in [-0.1, -0.05) is 91.7 Å². The number of hydrogen-bond donors (Lipinski definition) is 2. The van der Waals surface area contributed by atoms with Gasteiger partial charge < -0.3 is 19.5 Å². The molecule has 2 atom stereocenters. The number of nitrogens with zero attached hydrogens (tertiary/aromatic N) is 3. The van der Waals surface area contributed by atoms with E-state index in [2.05, 4.69) is 42.2 Å². The second-order valence-corrected chi connectivity index (χ2v) is 11.4. The standard InChI is InChI=1S/C31H34ClN3O5/c1-30(2)23(22-9-4-3-5-10-22)11-8-15-31(30,29-33-27(19-36)40-34-29)20-39-26-14-13-21(17-24(26)32)18-35-16-7-6-12-25(35)28(37)38/h3-5,8-11,13-15,17,25,36H,6-7,12,16,18-20H2,1-2H3,(H,37,38)/t25-,31?/m0/s1. The SMILES string of the molecule is CC1(C)C(c2ccccc2)=CC=CC1(COc1ccc(CN2CCCC[C@H]2C(=O)O)cc1Cl)c1noc(CO)n1. The minimum absolute atomic E-state index is 0.133. The number of aliphatic carboxylic acids is 1. The molecule has 0 radical (unpaired) electrons. The van der Waals surface area contributed by atoms with Crippen LogP contribution in [-0.4, -0.2) is 50.4 Å². The zero-order valence-electron chi connectivity index (χ0n) is 22.7. The zero-order valence-corrected chi connectivity index (χ0v) is 23.5. The second-order valence-electron chi connectivity index (χ2n) is 10.9. The summed E-state index contributed by atoms with van der Waals surface area (Å²) in [5, 5.41) is 23.9. The number of allylic oxidation sites excluding steroid dienone is 3. The Labute approximate surface area is 238 Å². The third-order valence-electron chi connectivity index (χ3n) is 8.26. The van der Waals surface area contributed by atoms with Gasteiger partial charge in [-0.05, 0) is 48.2 Å². The number of benzene rings is 2. The molecule has 1 fully saturated rings. The lowest BCUT2D eigenvalue weighted by Crippen LogP contribution is -2.48. The zero-order chi connectivity index (χ0) is 28.3. The van der Waals surface area contributed by atoms with Gasteiger partial charge in [-0.15, -0.1) is 0 Å². The summed E-state index contributed by atoms with van der Waals surface area (Å²) in [5.74, 6) is 0.268. The largest absolute Gasteiger partial charge is 0.491 e. The topological polar surface area (TPSA) is 109 Å². The first-order valence-corrected chi connectivity index (χ1v) is 13.9. The van der Waals surface area contributed by atoms with E-state index in [4.69, 9.17) is 20.9 Å². The number of piperidine rings is 1. The van der Waals surface area contributed by atoms with Crippen molar-refractivity contribution in [2.45, 2.75) is 57.7 Å². The van der Waals surface area contributed by atoms with Crippen LogP contribution in [0.5, 0.6) is 5.75 Å². The van der Waals surface area contributed by atoms with E-state index in [-0.39, 0.29) is 19.1 Å². The van der Waals surface area contributed by atoms with Gasteiger partial charge in [0.2, 0.25) is 0 Å². The molecule has 0 saturated carbocycles. The molecule has 210 valence electrons. The van der Waals surface area contributed by atoms with Crippen LogP contribution in [0.3, 0.4) is 0 Å². The van der Waals surface area contributed by atoms with Crippen molar-refractivity contribution in [3.63, 3.8) is 0 Å². The van der Waals surface area contributed by atoms with Gasteiger partial charge in [-0.3, -0.25) is 9.69 Å². The number of hydrogen-bond acceptors (Lipinski definition) is 7. The van der Waals surface area contributed by atoms with Crippen LogP contribution in [-0.2, 0) is 23.4 Å². The lowest BCUT2D eigenvalue weighted by Gasteiger charge is -2.46. The van der Waals surface area contributed by atoms with E-state index in [0.29, 0.717) is 29.6 Å². The highest BCUT2D eigenvalue weighted by Crippen LogP contribution is 2.53. The smallest absolute Gasteiger partial charge is 0.320 e. The van der Waals surface area contributed by atoms with Gasteiger partial charge in [-0.25, -0.2) is 0 Å². The quantitative estimate of drug-likeness (QED) is 0.344. The molecule has 2 N–H and O–H groups in total. The molecular weight excluding hydrogens is 530 g/mol. The van der Waals surface area contributed by atoms with Crippen LogP contribution in [0.15, 0.2) is 71.3 Å². The Morgan fingerprint density at radius 3 is 2.70 bits per heavy atom. The maximum atomic E-state index is 11.7. The van der Waals surface area contributed by atoms with Gasteiger partial charge in [0.1, 0.15) is 25.0 Å². The van der Waals surface area contributed by atoms with Crippen molar-refractivity contribution in [2.24, 2.45) is 5.41 Å². The molecule has 1 saturated heterocycles. The molecule has 0 amide bonds. The maximum Gasteiger partial charge on any atom is 0.320 e. The predicted octanol–water partition coefficient (Wildman–Crippen LogP) is 5.65. The molecule has 9 heteroatoms. The Bertz CT molecular complexity index is 1420. The average molecular weight is 564 g/mol. The monoisotopic (exact) mass is 563 g/mol. The molecule has 1 aliphatic heterocycles. The summed E-state index contributed by atoms with van der Waals surface area (Å²) in [5.41, 5.74) is 1.72. The fraction of sp³-hybridized carbons (Fsp3) is 0.387. The Hall–Kier alpha value is -3.46. The number of halogens is 1. The lowest BCUT2D eigenvalue weighted by molar-refractivity contribution is -0.144. The summed E-state index contributed by atoms with van der Waals surface area (Å²) >= 11 is 6.71. The van der Waals surface area contributed by atoms with Gasteiger partial charge in [0, 0.05) is 12.0 Å². The number of aliphatic hydroxyl groups excluding tert-OH is 1. The van der Waals surface area contributed by atoms with Crippen LogP contribution >= 0.6 is 11.6 Å². The fourth-order valence-electron chi connectivity index (χ4n) is 5.83. The number of aliphatic hydroxyl groups is 1. The number of aromatic nitrogens is 2. The minimum Gasteiger partial charge on any atom is -0.491 e. The van der Waals surface area contributed by atoms with Crippen molar-refractivity contribution in [1.82, 2.24) is 15.0 Å². The molecule has 2 aromatic carbocycles. The average Bonchev–Trinajstić information content (AvgIpc) is 3.44. The van der Waals surface area contributed by atoms with Crippen molar-refractivity contribution in [2.75, 3.05) is 13.2 Å². The van der Waals surface area contributed by atoms with E-state index in [1.807, 2.05) is 53.5 Å². The van der Waals surface area contributed by atoms with E-state index in [1.165, 1.54) is 0 Å². The summed E-state index contributed by atoms with van der Waals surface area (Å²) < 4.78 is 11.7. The maximum absolute atomic E-state index is 11.7. The summed E-state index contributed by atoms with van der Waals surface area (Å²) in [6, 6.07) is 15.3. The van der Waals surface area contributed by atoms with Gasteiger partial charge >= 0.3 is 5.97 Å². The molecule has 0 bridgehead atoms. The van der Waals surface area contributed by atoms with Crippen LogP contribution in [0.1, 0.15) is 56.0 Å². The molecule has 2 heterocycles. The first-order chi connectivity index (χ1) is 19.2. The molecule has 0 spiro atoms. The van der Waals surface area contributed by atoms with Gasteiger partial charge in [0.25, 0.3) is 5.89 Å². The minimum atomic E-state index is -0.839. The van der Waals surface area contributed by atoms with Gasteiger partial charge in [-0.2, -0.15) is 4.98 Å². The first-order valence-electron chi connectivity index (χ1n) is 13.5. The highest BCUT2D eigenvalue weighted by atomic mass is 35.5. The Balaban J connectivity index is 1.42. The molecule has 5 rings (SSSR count). The van der Waals surface area contributed by atoms with Crippen molar-refractivity contribution < 1.29 is 24.3 Å². The molecule has 3 aromatic rings. The Morgan fingerprint density at radius 2 is 2.00 bits per heavy atom. The molecule has 1 unspecified atom stereocenters. The van der Waals surface area contributed by atoms with Crippen LogP contribution in [0.25, 0.3) is 5.57 Å². The first kappa shape index (κ1) is 28.1. The summed E-state index contributed by atoms with van der Waals surface area (Å²) in [4.78, 5) is 18.2. The van der Waals surface area contributed by atoms with Crippen molar-refractivity contribution >= 4 is 23.1 Å². The summed E-state index contributed by atoms with van der Waals surface area (Å²) in [6.07, 6.45) is 8.66. The van der Waals surface area contributed by atoms with E-state index in [0.717, 1.165) is 36.1 Å². The highest BCUT2D eigenvalue weighted by molar-refractivity contribution is 6.32. The number of likely N-dealkylation sites (tertiary alicyclic amines) is 1. The third kappa shape index (κ3) is 5.31. The highest BCUT2D eigenvalue weighted by Gasteiger charge is 2.52. The number of carboxylic acid groups (broad SMARTS) is 1. The van der Waals surface area contributed by atoms with E-state index < -0.39 is 22.8 Å². The predicted molar refractivity (Wildman–Crippen MR) is 152 cm³/mol. The molecule has 40 heavy (non-hydrogen) atoms. The van der Waals surface area contributed by atoms with Crippen LogP contribution in [0, 0.1) is 5.41 Å². The molecule has 2 aliphatic rings. The normalized spacial score (nSPS) is 22.6. The van der Waals surface area contributed by atoms with Crippen LogP contribution < -0.4 is 4.74 Å². The number of rotatable bonds is 9. The van der Waals surface area contributed by atoms with E-state index in [1.54, 1.807) is 0 Å². The van der Waals surface area contributed by atoms with Crippen molar-refractivity contribution in [1.29, 1.82) is 0 Å². The van der Waals surface area contributed by atoms with Crippen molar-refractivity contribution in [3.8, 4) is 5.75 Å². The molecule has 1 aliphatic carbocycles. The third-order valence-corrected chi connectivity index (χ3v) is 8.55. The second kappa shape index (κ2) is 11.6. The fourth-order valence-corrected chi connectivity index (χ4v) is 6.09. The Kier molecular flexibility index (Phi) is 8.12. The van der Waals surface area contributed by atoms with Crippen LogP contribution in [0.2, 0.25) is 5.02 Å². The Morgan fingerprint density at radius 1 is 1.20 bits per heavy atom. The summed E-state index contributed by atoms with van der Waals surface area (Å²) in [6.45, 7) is 5.30. The van der Waals surface area contributed by atoms with Gasteiger partial charge in [0.15, 0.2) is 5.82 Å². The summed E-state index contributed by atoms with van der Waals surface area (Å²) in [7, 11) is 0. The van der Waals surface area contributed by atoms with Crippen LogP contribution in [0.4, 0.5) is 0 Å². The number of carbonyl (C=O) groups is 1.